The Balaban J connectivity index is -0.00000133. The summed E-state index contributed by atoms with van der Waals surface area (Å²) in [4.78, 5) is 16.6. The van der Waals surface area contributed by atoms with Crippen LogP contribution in [0.5, 0.6) is 0 Å². The Labute approximate surface area is 160 Å². The van der Waals surface area contributed by atoms with Gasteiger partial charge in [0.1, 0.15) is 0 Å². The molecule has 1 heterocycles. The van der Waals surface area contributed by atoms with Gasteiger partial charge in [0.05, 0.1) is 0 Å². The summed E-state index contributed by atoms with van der Waals surface area (Å²) in [5.41, 5.74) is 5.45. The highest BCUT2D eigenvalue weighted by Gasteiger charge is 2.16. The average Bonchev–Trinajstić information content (AvgIpc) is 2.41. The first-order valence-corrected chi connectivity index (χ1v) is 8.02. The highest BCUT2D eigenvalue weighted by Crippen LogP contribution is 2.03. The highest BCUT2D eigenvalue weighted by atomic mass is 35.5. The zero-order valence-corrected chi connectivity index (χ0v) is 16.9. The van der Waals surface area contributed by atoms with Crippen LogP contribution in [0.2, 0.25) is 0 Å². The molecule has 23 heavy (non-hydrogen) atoms. The van der Waals surface area contributed by atoms with Crippen molar-refractivity contribution in [2.75, 3.05) is 46.3 Å². The maximum Gasteiger partial charge on any atom is 0.220 e. The van der Waals surface area contributed by atoms with Crippen molar-refractivity contribution in [2.24, 2.45) is 5.73 Å². The fourth-order valence-electron chi connectivity index (χ4n) is 2.59. The van der Waals surface area contributed by atoms with E-state index >= 15 is 0 Å². The van der Waals surface area contributed by atoms with E-state index in [4.69, 9.17) is 5.73 Å². The van der Waals surface area contributed by atoms with E-state index in [-0.39, 0.29) is 49.2 Å². The van der Waals surface area contributed by atoms with Crippen LogP contribution in [0.3, 0.4) is 0 Å². The van der Waals surface area contributed by atoms with Crippen LogP contribution >= 0.6 is 37.2 Å². The second kappa shape index (κ2) is 17.1. The van der Waals surface area contributed by atoms with Crippen molar-refractivity contribution in [3.8, 4) is 0 Å². The number of likely N-dealkylation sites (N-methyl/N-ethyl adjacent to an activating group) is 1. The molecule has 1 fully saturated rings. The van der Waals surface area contributed by atoms with Crippen LogP contribution in [0.15, 0.2) is 0 Å². The number of nitrogens with two attached hydrogens (primary N) is 1. The number of nitrogens with zero attached hydrogens (tertiary/aromatic N) is 2. The van der Waals surface area contributed by atoms with Gasteiger partial charge in [0.15, 0.2) is 0 Å². The van der Waals surface area contributed by atoms with E-state index in [2.05, 4.69) is 29.1 Å². The maximum atomic E-state index is 11.8. The van der Waals surface area contributed by atoms with Crippen molar-refractivity contribution in [1.82, 2.24) is 15.1 Å². The lowest BCUT2D eigenvalue weighted by Gasteiger charge is -2.34. The smallest absolute Gasteiger partial charge is 0.220 e. The molecule has 1 unspecified atom stereocenters. The van der Waals surface area contributed by atoms with Gasteiger partial charge in [-0.05, 0) is 33.4 Å². The lowest BCUT2D eigenvalue weighted by Crippen LogP contribution is -2.49. The molecule has 1 aliphatic heterocycles. The van der Waals surface area contributed by atoms with E-state index in [1.165, 1.54) is 0 Å². The second-order valence-electron chi connectivity index (χ2n) is 6.03. The molecule has 0 aromatic rings. The van der Waals surface area contributed by atoms with Gasteiger partial charge in [-0.1, -0.05) is 12.8 Å². The van der Waals surface area contributed by atoms with Gasteiger partial charge in [-0.3, -0.25) is 9.69 Å². The Morgan fingerprint density at radius 2 is 1.61 bits per heavy atom. The van der Waals surface area contributed by atoms with Crippen LogP contribution in [0, 0.1) is 0 Å². The number of hydrogen-bond acceptors (Lipinski definition) is 4. The largest absolute Gasteiger partial charge is 0.352 e. The first kappa shape index (κ1) is 28.0. The van der Waals surface area contributed by atoms with E-state index in [9.17, 15) is 4.79 Å². The summed E-state index contributed by atoms with van der Waals surface area (Å²) in [6, 6.07) is 0.245. The Hall–Kier alpha value is 0.220. The van der Waals surface area contributed by atoms with Gasteiger partial charge >= 0.3 is 0 Å². The van der Waals surface area contributed by atoms with E-state index < -0.39 is 0 Å². The van der Waals surface area contributed by atoms with Crippen molar-refractivity contribution < 1.29 is 4.79 Å². The number of nitrogens with one attached hydrogen (secondary N) is 1. The van der Waals surface area contributed by atoms with Crippen LogP contribution < -0.4 is 11.1 Å². The molecule has 1 aliphatic rings. The zero-order valence-electron chi connectivity index (χ0n) is 14.5. The van der Waals surface area contributed by atoms with Gasteiger partial charge < -0.3 is 16.0 Å². The van der Waals surface area contributed by atoms with Crippen LogP contribution in [0.4, 0.5) is 0 Å². The van der Waals surface area contributed by atoms with Crippen LogP contribution in [0.25, 0.3) is 0 Å². The number of piperazine rings is 1. The number of halogens is 3. The quantitative estimate of drug-likeness (QED) is 0.587. The zero-order chi connectivity index (χ0) is 14.8. The summed E-state index contributed by atoms with van der Waals surface area (Å²) in [5, 5.41) is 3.11. The van der Waals surface area contributed by atoms with Gasteiger partial charge in [-0.25, -0.2) is 0 Å². The molecule has 142 valence electrons. The molecular weight excluding hydrogens is 359 g/mol. The number of amides is 1. The summed E-state index contributed by atoms with van der Waals surface area (Å²) in [5.74, 6) is 0.194. The number of hydrogen-bond donors (Lipinski definition) is 2. The fraction of sp³-hybridized carbons (Fsp3) is 0.933. The summed E-state index contributed by atoms with van der Waals surface area (Å²) in [6.07, 6.45) is 4.95. The topological polar surface area (TPSA) is 61.6 Å². The minimum atomic E-state index is 0. The molecule has 0 bridgehead atoms. The first-order chi connectivity index (χ1) is 9.61. The minimum absolute atomic E-state index is 0. The Morgan fingerprint density at radius 1 is 1.04 bits per heavy atom. The molecule has 0 spiro atoms. The summed E-state index contributed by atoms with van der Waals surface area (Å²) >= 11 is 0. The van der Waals surface area contributed by atoms with Gasteiger partial charge in [0, 0.05) is 45.2 Å². The molecule has 0 radical (unpaired) electrons. The molecule has 5 nitrogen and oxygen atoms in total. The molecule has 1 amide bonds. The predicted octanol–water partition coefficient (Wildman–Crippen LogP) is 1.91. The molecule has 1 saturated heterocycles. The molecule has 1 rings (SSSR count). The fourth-order valence-corrected chi connectivity index (χ4v) is 2.59. The molecule has 0 aromatic heterocycles. The minimum Gasteiger partial charge on any atom is -0.352 e. The van der Waals surface area contributed by atoms with E-state index in [1.54, 1.807) is 0 Å². The third-order valence-corrected chi connectivity index (χ3v) is 3.89. The lowest BCUT2D eigenvalue weighted by atomic mass is 10.1. The van der Waals surface area contributed by atoms with E-state index in [0.717, 1.165) is 65.0 Å². The van der Waals surface area contributed by atoms with Crippen molar-refractivity contribution >= 4 is 43.1 Å². The van der Waals surface area contributed by atoms with Crippen molar-refractivity contribution in [3.05, 3.63) is 0 Å². The van der Waals surface area contributed by atoms with Gasteiger partial charge in [-0.15, -0.1) is 37.2 Å². The van der Waals surface area contributed by atoms with Gasteiger partial charge in [0.2, 0.25) is 5.91 Å². The third kappa shape index (κ3) is 14.3. The number of carbonyl (C=O) groups is 1. The summed E-state index contributed by atoms with van der Waals surface area (Å²) < 4.78 is 0. The molecule has 0 aromatic carbocycles. The normalized spacial score (nSPS) is 16.5. The monoisotopic (exact) mass is 392 g/mol. The van der Waals surface area contributed by atoms with E-state index in [0.29, 0.717) is 6.42 Å². The first-order valence-electron chi connectivity index (χ1n) is 8.02. The molecule has 0 saturated carbocycles. The van der Waals surface area contributed by atoms with Crippen molar-refractivity contribution in [3.63, 3.8) is 0 Å². The second-order valence-corrected chi connectivity index (χ2v) is 6.03. The van der Waals surface area contributed by atoms with Crippen molar-refractivity contribution in [1.29, 1.82) is 0 Å². The maximum absolute atomic E-state index is 11.8. The third-order valence-electron chi connectivity index (χ3n) is 3.89. The van der Waals surface area contributed by atoms with Crippen LogP contribution in [0.1, 0.15) is 39.0 Å². The molecule has 0 aliphatic carbocycles. The van der Waals surface area contributed by atoms with Gasteiger partial charge in [0.25, 0.3) is 0 Å². The molecule has 1 atom stereocenters. The Morgan fingerprint density at radius 3 is 2.17 bits per heavy atom. The van der Waals surface area contributed by atoms with Crippen molar-refractivity contribution in [2.45, 2.75) is 45.1 Å². The van der Waals surface area contributed by atoms with E-state index in [1.807, 2.05) is 0 Å². The highest BCUT2D eigenvalue weighted by molar-refractivity contribution is 5.86. The Bertz CT molecular complexity index is 277. The summed E-state index contributed by atoms with van der Waals surface area (Å²) in [6.45, 7) is 8.29. The number of carbonyl (C=O) groups excluding carboxylic acids is 1. The van der Waals surface area contributed by atoms with Gasteiger partial charge in [-0.2, -0.15) is 0 Å². The lowest BCUT2D eigenvalue weighted by molar-refractivity contribution is -0.121. The standard InChI is InChI=1S/C15H32N4O.3ClH/c1-14(13-19-11-9-18(2)10-12-19)17-15(20)7-5-3-4-6-8-16;;;/h14H,3-13,16H2,1-2H3,(H,17,20);3*1H. The number of unbranched alkanes of at least 4 members (excludes halogenated alkanes) is 3. The molecule has 3 N–H and O–H groups in total. The number of rotatable bonds is 9. The molecular formula is C15H35Cl3N4O. The average molecular weight is 394 g/mol. The Kier molecular flexibility index (Phi) is 20.8. The molecule has 8 heteroatoms. The van der Waals surface area contributed by atoms with Crippen LogP contribution in [-0.4, -0.2) is 68.1 Å². The SMILES string of the molecule is CC(CN1CCN(C)CC1)NC(=O)CCCCCCN.Cl.Cl.Cl. The summed E-state index contributed by atoms with van der Waals surface area (Å²) in [7, 11) is 2.16. The predicted molar refractivity (Wildman–Crippen MR) is 105 cm³/mol. The van der Waals surface area contributed by atoms with Crippen LogP contribution in [-0.2, 0) is 4.79 Å².